The number of halogens is 1. The molecular weight excluding hydrogens is 224 g/mol. The monoisotopic (exact) mass is 242 g/mol. The fourth-order valence-corrected chi connectivity index (χ4v) is 1.74. The molecule has 0 aliphatic heterocycles. The lowest BCUT2D eigenvalue weighted by Gasteiger charge is -2.24. The van der Waals surface area contributed by atoms with Gasteiger partial charge in [-0.2, -0.15) is 0 Å². The van der Waals surface area contributed by atoms with Crippen LogP contribution in [-0.4, -0.2) is 28.8 Å². The van der Waals surface area contributed by atoms with Crippen LogP contribution < -0.4 is 5.32 Å². The van der Waals surface area contributed by atoms with Gasteiger partial charge in [-0.15, -0.1) is 0 Å². The van der Waals surface area contributed by atoms with Crippen molar-refractivity contribution in [3.63, 3.8) is 0 Å². The van der Waals surface area contributed by atoms with E-state index in [0.29, 0.717) is 18.0 Å². The first-order valence-corrected chi connectivity index (χ1v) is 5.94. The fraction of sp³-hybridized carbons (Fsp3) is 0.583. The van der Waals surface area contributed by atoms with Gasteiger partial charge in [0.2, 0.25) is 0 Å². The van der Waals surface area contributed by atoms with Crippen molar-refractivity contribution in [2.75, 3.05) is 13.1 Å². The van der Waals surface area contributed by atoms with Crippen molar-refractivity contribution in [3.8, 4) is 0 Å². The third-order valence-corrected chi connectivity index (χ3v) is 2.70. The van der Waals surface area contributed by atoms with Crippen LogP contribution in [0.1, 0.15) is 25.8 Å². The molecule has 1 aromatic heterocycles. The molecule has 3 nitrogen and oxygen atoms in total. The molecule has 90 valence electrons. The third-order valence-electron chi connectivity index (χ3n) is 2.36. The Morgan fingerprint density at radius 3 is 2.94 bits per heavy atom. The summed E-state index contributed by atoms with van der Waals surface area (Å²) in [5.41, 5.74) is 0.153. The smallest absolute Gasteiger partial charge is 0.0784 e. The highest BCUT2D eigenvalue weighted by Gasteiger charge is 2.21. The number of nitrogens with one attached hydrogen (secondary N) is 1. The Morgan fingerprint density at radius 2 is 2.31 bits per heavy atom. The van der Waals surface area contributed by atoms with Crippen molar-refractivity contribution in [1.82, 2.24) is 10.3 Å². The van der Waals surface area contributed by atoms with Gasteiger partial charge in [0.05, 0.1) is 10.6 Å². The predicted octanol–water partition coefficient (Wildman–Crippen LogP) is 2.03. The summed E-state index contributed by atoms with van der Waals surface area (Å²) < 4.78 is 0. The van der Waals surface area contributed by atoms with Gasteiger partial charge in [-0.1, -0.05) is 18.5 Å². The molecule has 1 unspecified atom stereocenters. The molecule has 1 aromatic rings. The molecule has 0 aromatic carbocycles. The summed E-state index contributed by atoms with van der Waals surface area (Å²) in [6.07, 6.45) is 4.89. The number of aromatic nitrogens is 1. The van der Waals surface area contributed by atoms with Crippen molar-refractivity contribution in [2.45, 2.75) is 32.3 Å². The normalized spacial score (nSPS) is 14.8. The second-order valence-electron chi connectivity index (χ2n) is 4.32. The van der Waals surface area contributed by atoms with Crippen LogP contribution in [-0.2, 0) is 6.42 Å². The summed E-state index contributed by atoms with van der Waals surface area (Å²) in [6.45, 7) is 5.40. The van der Waals surface area contributed by atoms with Crippen molar-refractivity contribution >= 4 is 11.6 Å². The van der Waals surface area contributed by atoms with Gasteiger partial charge in [-0.25, -0.2) is 0 Å². The van der Waals surface area contributed by atoms with Gasteiger partial charge in [0.1, 0.15) is 0 Å². The van der Waals surface area contributed by atoms with Crippen LogP contribution in [0.25, 0.3) is 0 Å². The molecule has 0 radical (unpaired) electrons. The Hall–Kier alpha value is -0.640. The molecule has 0 spiro atoms. The zero-order chi connectivity index (χ0) is 12.0. The minimum atomic E-state index is -0.778. The highest BCUT2D eigenvalue weighted by molar-refractivity contribution is 6.31. The molecule has 0 aliphatic carbocycles. The van der Waals surface area contributed by atoms with E-state index >= 15 is 0 Å². The lowest BCUT2D eigenvalue weighted by Crippen LogP contribution is -2.40. The van der Waals surface area contributed by atoms with E-state index in [1.54, 1.807) is 12.4 Å². The lowest BCUT2D eigenvalue weighted by molar-refractivity contribution is 0.0604. The van der Waals surface area contributed by atoms with Gasteiger partial charge >= 0.3 is 0 Å². The number of hydrogen-bond donors (Lipinski definition) is 2. The van der Waals surface area contributed by atoms with Crippen LogP contribution in [0.3, 0.4) is 0 Å². The highest BCUT2D eigenvalue weighted by atomic mass is 35.5. The number of hydrogen-bond acceptors (Lipinski definition) is 3. The number of rotatable bonds is 6. The highest BCUT2D eigenvalue weighted by Crippen LogP contribution is 2.19. The van der Waals surface area contributed by atoms with Gasteiger partial charge in [-0.3, -0.25) is 4.98 Å². The summed E-state index contributed by atoms with van der Waals surface area (Å²) >= 11 is 6.00. The predicted molar refractivity (Wildman–Crippen MR) is 66.7 cm³/mol. The number of aliphatic hydroxyl groups is 1. The van der Waals surface area contributed by atoms with Gasteiger partial charge in [0, 0.05) is 25.4 Å². The van der Waals surface area contributed by atoms with E-state index in [4.69, 9.17) is 11.6 Å². The molecule has 0 saturated carbocycles. The van der Waals surface area contributed by atoms with Crippen molar-refractivity contribution in [3.05, 3.63) is 29.0 Å². The Labute approximate surface area is 102 Å². The molecule has 0 amide bonds. The number of pyridine rings is 1. The third kappa shape index (κ3) is 4.47. The summed E-state index contributed by atoms with van der Waals surface area (Å²) in [5, 5.41) is 14.0. The Bertz CT molecular complexity index is 329. The van der Waals surface area contributed by atoms with E-state index in [-0.39, 0.29) is 0 Å². The molecule has 0 fully saturated rings. The molecule has 1 atom stereocenters. The zero-order valence-corrected chi connectivity index (χ0v) is 10.6. The summed E-state index contributed by atoms with van der Waals surface area (Å²) in [5.74, 6) is 0. The first-order valence-electron chi connectivity index (χ1n) is 5.56. The first-order chi connectivity index (χ1) is 7.55. The zero-order valence-electron chi connectivity index (χ0n) is 9.83. The van der Waals surface area contributed by atoms with E-state index in [2.05, 4.69) is 17.2 Å². The molecule has 4 heteroatoms. The quantitative estimate of drug-likeness (QED) is 0.751. The topological polar surface area (TPSA) is 45.1 Å². The van der Waals surface area contributed by atoms with Gasteiger partial charge in [0.25, 0.3) is 0 Å². The summed E-state index contributed by atoms with van der Waals surface area (Å²) in [6, 6.07) is 1.84. The van der Waals surface area contributed by atoms with Crippen LogP contribution in [0.15, 0.2) is 18.5 Å². The minimum absolute atomic E-state index is 0.533. The molecule has 2 N–H and O–H groups in total. The maximum atomic E-state index is 10.2. The summed E-state index contributed by atoms with van der Waals surface area (Å²) in [7, 11) is 0. The fourth-order valence-electron chi connectivity index (χ4n) is 1.55. The van der Waals surface area contributed by atoms with E-state index in [1.807, 2.05) is 13.0 Å². The van der Waals surface area contributed by atoms with Gasteiger partial charge in [0.15, 0.2) is 0 Å². The standard InChI is InChI=1S/C12H19ClN2O/c1-3-5-15-9-12(2,16)7-10-4-6-14-8-11(10)13/h4,6,8,15-16H,3,5,7,9H2,1-2H3. The first kappa shape index (κ1) is 13.4. The van der Waals surface area contributed by atoms with Crippen molar-refractivity contribution in [2.24, 2.45) is 0 Å². The van der Waals surface area contributed by atoms with E-state index in [9.17, 15) is 5.11 Å². The van der Waals surface area contributed by atoms with Crippen molar-refractivity contribution in [1.29, 1.82) is 0 Å². The van der Waals surface area contributed by atoms with Gasteiger partial charge in [-0.05, 0) is 31.5 Å². The van der Waals surface area contributed by atoms with Crippen LogP contribution in [0.4, 0.5) is 0 Å². The molecule has 1 heterocycles. The Kier molecular flexibility index (Phi) is 5.19. The Morgan fingerprint density at radius 1 is 1.56 bits per heavy atom. The SMILES string of the molecule is CCCNCC(C)(O)Cc1ccncc1Cl. The molecule has 0 saturated heterocycles. The van der Waals surface area contributed by atoms with Crippen molar-refractivity contribution < 1.29 is 5.11 Å². The number of nitrogens with zero attached hydrogens (tertiary/aromatic N) is 1. The minimum Gasteiger partial charge on any atom is -0.389 e. The average molecular weight is 243 g/mol. The molecule has 0 bridgehead atoms. The molecule has 1 rings (SSSR count). The molecule has 16 heavy (non-hydrogen) atoms. The van der Waals surface area contributed by atoms with E-state index in [1.165, 1.54) is 0 Å². The summed E-state index contributed by atoms with van der Waals surface area (Å²) in [4.78, 5) is 3.92. The lowest BCUT2D eigenvalue weighted by atomic mass is 9.97. The maximum Gasteiger partial charge on any atom is 0.0784 e. The van der Waals surface area contributed by atoms with Crippen LogP contribution in [0.2, 0.25) is 5.02 Å². The Balaban J connectivity index is 2.55. The van der Waals surface area contributed by atoms with E-state index in [0.717, 1.165) is 18.5 Å². The van der Waals surface area contributed by atoms with Crippen LogP contribution in [0, 0.1) is 0 Å². The second-order valence-corrected chi connectivity index (χ2v) is 4.72. The van der Waals surface area contributed by atoms with Gasteiger partial charge < -0.3 is 10.4 Å². The van der Waals surface area contributed by atoms with Crippen LogP contribution in [0.5, 0.6) is 0 Å². The largest absolute Gasteiger partial charge is 0.389 e. The maximum absolute atomic E-state index is 10.2. The average Bonchev–Trinajstić information content (AvgIpc) is 2.21. The molecular formula is C12H19ClN2O. The second kappa shape index (κ2) is 6.18. The molecule has 0 aliphatic rings. The van der Waals surface area contributed by atoms with E-state index < -0.39 is 5.60 Å². The van der Waals surface area contributed by atoms with Crippen LogP contribution >= 0.6 is 11.6 Å².